The minimum atomic E-state index is -0.385. The van der Waals surface area contributed by atoms with Crippen molar-refractivity contribution in [2.75, 3.05) is 6.61 Å². The summed E-state index contributed by atoms with van der Waals surface area (Å²) in [5.74, 6) is 10.5. The van der Waals surface area contributed by atoms with Crippen LogP contribution in [-0.2, 0) is 11.8 Å². The monoisotopic (exact) mass is 267 g/mol. The molecule has 5 N–H and O–H groups in total. The number of benzene rings is 1. The van der Waals surface area contributed by atoms with Crippen molar-refractivity contribution in [1.82, 2.24) is 9.99 Å². The van der Waals surface area contributed by atoms with Gasteiger partial charge in [0.15, 0.2) is 6.61 Å². The van der Waals surface area contributed by atoms with Crippen molar-refractivity contribution in [1.29, 1.82) is 0 Å². The molecule has 0 bridgehead atoms. The summed E-state index contributed by atoms with van der Waals surface area (Å²) in [6, 6.07) is 5.49. The molecule has 0 saturated heterocycles. The lowest BCUT2D eigenvalue weighted by Gasteiger charge is -2.04. The third kappa shape index (κ3) is 2.29. The van der Waals surface area contributed by atoms with Crippen molar-refractivity contribution < 1.29 is 9.53 Å². The maximum atomic E-state index is 11.0. The molecule has 0 saturated carbocycles. The number of ether oxygens (including phenoxy) is 1. The molecule has 2 rings (SSSR count). The highest BCUT2D eigenvalue weighted by molar-refractivity contribution is 7.16. The molecule has 0 aliphatic rings. The average Bonchev–Trinajstić information content (AvgIpc) is 2.72. The quantitative estimate of drug-likeness (QED) is 0.391. The molecule has 7 nitrogen and oxygen atoms in total. The van der Waals surface area contributed by atoms with Crippen LogP contribution in [0.15, 0.2) is 23.3 Å². The molecule has 1 amide bonds. The van der Waals surface area contributed by atoms with Gasteiger partial charge in [-0.15, -0.1) is 0 Å². The van der Waals surface area contributed by atoms with Gasteiger partial charge in [0.1, 0.15) is 5.75 Å². The molecule has 0 aliphatic carbocycles. The Morgan fingerprint density at radius 1 is 1.61 bits per heavy atom. The summed E-state index contributed by atoms with van der Waals surface area (Å²) < 4.78 is 8.16. The fraction of sp³-hybridized carbons (Fsp3) is 0.200. The molecule has 0 unspecified atom stereocenters. The second-order valence-electron chi connectivity index (χ2n) is 3.56. The number of carbonyl (C=O) groups excluding carboxylic acids is 1. The second kappa shape index (κ2) is 5.07. The molecule has 0 radical (unpaired) electrons. The number of nitrogens with one attached hydrogen (secondary N) is 1. The molecule has 0 aliphatic heterocycles. The van der Waals surface area contributed by atoms with Gasteiger partial charge in [-0.25, -0.2) is 5.84 Å². The molecule has 1 heterocycles. The van der Waals surface area contributed by atoms with Crippen LogP contribution in [0.5, 0.6) is 5.75 Å². The van der Waals surface area contributed by atoms with Gasteiger partial charge in [-0.05, 0) is 18.2 Å². The van der Waals surface area contributed by atoms with Gasteiger partial charge in [0.2, 0.25) is 4.80 Å². The van der Waals surface area contributed by atoms with Gasteiger partial charge >= 0.3 is 0 Å². The molecule has 1 aromatic carbocycles. The molecule has 18 heavy (non-hydrogen) atoms. The summed E-state index contributed by atoms with van der Waals surface area (Å²) in [6.45, 7) is -0.117. The highest BCUT2D eigenvalue weighted by atomic mass is 32.1. The predicted molar refractivity (Wildman–Crippen MR) is 68.4 cm³/mol. The van der Waals surface area contributed by atoms with Crippen molar-refractivity contribution in [3.05, 3.63) is 23.0 Å². The lowest BCUT2D eigenvalue weighted by atomic mass is 10.3. The lowest BCUT2D eigenvalue weighted by Crippen LogP contribution is -2.34. The maximum absolute atomic E-state index is 11.0. The van der Waals surface area contributed by atoms with Crippen LogP contribution in [0.2, 0.25) is 0 Å². The predicted octanol–water partition coefficient (Wildman–Crippen LogP) is -0.617. The molecule has 0 atom stereocenters. The number of fused-ring (bicyclic) bond motifs is 1. The summed E-state index contributed by atoms with van der Waals surface area (Å²) in [5, 5.41) is 3.68. The van der Waals surface area contributed by atoms with E-state index in [4.69, 9.17) is 16.4 Å². The largest absolute Gasteiger partial charge is 0.484 e. The Kier molecular flexibility index (Phi) is 3.49. The smallest absolute Gasteiger partial charge is 0.271 e. The van der Waals surface area contributed by atoms with Crippen LogP contribution in [-0.4, -0.2) is 17.1 Å². The van der Waals surface area contributed by atoms with Crippen LogP contribution in [0.25, 0.3) is 10.2 Å². The first kappa shape index (κ1) is 12.4. The summed E-state index contributed by atoms with van der Waals surface area (Å²) in [4.78, 5) is 11.7. The molecular weight excluding hydrogens is 254 g/mol. The van der Waals surface area contributed by atoms with Gasteiger partial charge in [0.25, 0.3) is 5.91 Å². The zero-order chi connectivity index (χ0) is 13.1. The van der Waals surface area contributed by atoms with Crippen LogP contribution >= 0.6 is 11.3 Å². The lowest BCUT2D eigenvalue weighted by molar-refractivity contribution is -0.123. The first-order valence-electron chi connectivity index (χ1n) is 5.11. The number of nitrogens with two attached hydrogens (primary N) is 2. The molecule has 8 heteroatoms. The first-order valence-corrected chi connectivity index (χ1v) is 5.93. The summed E-state index contributed by atoms with van der Waals surface area (Å²) in [7, 11) is 1.88. The SMILES string of the molecule is Cn1c(=NN)sc2cc(OCC(=O)NN)ccc21. The van der Waals surface area contributed by atoms with E-state index in [1.807, 2.05) is 29.2 Å². The standard InChI is InChI=1S/C10H13N5O2S/c1-15-7-3-2-6(17-5-9(16)13-11)4-8(7)18-10(15)14-12/h2-4H,5,11-12H2,1H3,(H,13,16). The van der Waals surface area contributed by atoms with Gasteiger partial charge in [-0.1, -0.05) is 11.3 Å². The van der Waals surface area contributed by atoms with E-state index in [-0.39, 0.29) is 12.5 Å². The number of nitrogens with zero attached hydrogens (tertiary/aromatic N) is 2. The van der Waals surface area contributed by atoms with Crippen molar-refractivity contribution in [2.24, 2.45) is 23.8 Å². The van der Waals surface area contributed by atoms with Crippen molar-refractivity contribution >= 4 is 27.5 Å². The summed E-state index contributed by atoms with van der Waals surface area (Å²) >= 11 is 1.44. The Bertz CT molecular complexity index is 645. The number of aryl methyl sites for hydroxylation is 1. The number of hydrogen-bond donors (Lipinski definition) is 3. The number of amides is 1. The average molecular weight is 267 g/mol. The van der Waals surface area contributed by atoms with E-state index in [2.05, 4.69) is 5.10 Å². The minimum Gasteiger partial charge on any atom is -0.484 e. The third-order valence-electron chi connectivity index (χ3n) is 2.42. The maximum Gasteiger partial charge on any atom is 0.271 e. The van der Waals surface area contributed by atoms with Crippen LogP contribution in [0, 0.1) is 0 Å². The van der Waals surface area contributed by atoms with Crippen LogP contribution in [0.4, 0.5) is 0 Å². The molecule has 96 valence electrons. The first-order chi connectivity index (χ1) is 8.65. The summed E-state index contributed by atoms with van der Waals surface area (Å²) in [6.07, 6.45) is 0. The van der Waals surface area contributed by atoms with Crippen molar-refractivity contribution in [3.63, 3.8) is 0 Å². The van der Waals surface area contributed by atoms with E-state index >= 15 is 0 Å². The van der Waals surface area contributed by atoms with Gasteiger partial charge < -0.3 is 15.1 Å². The van der Waals surface area contributed by atoms with Crippen LogP contribution < -0.4 is 26.6 Å². The molecule has 2 aromatic rings. The topological polar surface area (TPSA) is 108 Å². The van der Waals surface area contributed by atoms with E-state index in [0.717, 1.165) is 10.2 Å². The number of hydrogen-bond acceptors (Lipinski definition) is 6. The number of thiazole rings is 1. The van der Waals surface area contributed by atoms with E-state index in [0.29, 0.717) is 10.6 Å². The van der Waals surface area contributed by atoms with Crippen molar-refractivity contribution in [3.8, 4) is 5.75 Å². The van der Waals surface area contributed by atoms with Gasteiger partial charge in [0, 0.05) is 7.05 Å². The minimum absolute atomic E-state index is 0.117. The van der Waals surface area contributed by atoms with Gasteiger partial charge in [-0.2, -0.15) is 5.10 Å². The zero-order valence-corrected chi connectivity index (χ0v) is 10.5. The third-order valence-corrected chi connectivity index (χ3v) is 3.53. The fourth-order valence-corrected chi connectivity index (χ4v) is 2.49. The van der Waals surface area contributed by atoms with Crippen LogP contribution in [0.3, 0.4) is 0 Å². The number of carbonyl (C=O) groups is 1. The van der Waals surface area contributed by atoms with Crippen molar-refractivity contribution in [2.45, 2.75) is 0 Å². The summed E-state index contributed by atoms with van der Waals surface area (Å²) in [5.41, 5.74) is 3.00. The van der Waals surface area contributed by atoms with E-state index in [1.54, 1.807) is 6.07 Å². The Morgan fingerprint density at radius 3 is 3.06 bits per heavy atom. The van der Waals surface area contributed by atoms with E-state index in [1.165, 1.54) is 11.3 Å². The number of aromatic nitrogens is 1. The fourth-order valence-electron chi connectivity index (χ4n) is 1.52. The molecular formula is C10H13N5O2S. The Morgan fingerprint density at radius 2 is 2.39 bits per heavy atom. The van der Waals surface area contributed by atoms with E-state index < -0.39 is 0 Å². The molecule has 1 aromatic heterocycles. The number of hydrazine groups is 1. The highest BCUT2D eigenvalue weighted by Gasteiger charge is 2.05. The molecule has 0 spiro atoms. The second-order valence-corrected chi connectivity index (χ2v) is 4.57. The highest BCUT2D eigenvalue weighted by Crippen LogP contribution is 2.22. The van der Waals surface area contributed by atoms with Crippen LogP contribution in [0.1, 0.15) is 0 Å². The Balaban J connectivity index is 2.30. The molecule has 0 fully saturated rings. The van der Waals surface area contributed by atoms with Gasteiger partial charge in [0.05, 0.1) is 10.2 Å². The zero-order valence-electron chi connectivity index (χ0n) is 9.71. The number of rotatable bonds is 3. The normalized spacial score (nSPS) is 11.8. The van der Waals surface area contributed by atoms with E-state index in [9.17, 15) is 4.79 Å². The Hall–Kier alpha value is -2.06. The Labute approximate surface area is 107 Å². The van der Waals surface area contributed by atoms with Gasteiger partial charge in [-0.3, -0.25) is 10.2 Å².